The van der Waals surface area contributed by atoms with Crippen LogP contribution >= 0.6 is 0 Å². The summed E-state index contributed by atoms with van der Waals surface area (Å²) in [6, 6.07) is 0. The number of amides is 1. The Kier molecular flexibility index (Phi) is 3.09. The van der Waals surface area contributed by atoms with E-state index in [1.165, 1.54) is 0 Å². The van der Waals surface area contributed by atoms with E-state index in [9.17, 15) is 9.18 Å². The Labute approximate surface area is 113 Å². The predicted octanol–water partition coefficient (Wildman–Crippen LogP) is 0.915. The van der Waals surface area contributed by atoms with Crippen molar-refractivity contribution in [2.75, 3.05) is 46.9 Å². The van der Waals surface area contributed by atoms with E-state index < -0.39 is 5.67 Å². The molecular formula is C14H23FN2O2. The Hall–Kier alpha value is -0.680. The van der Waals surface area contributed by atoms with Crippen molar-refractivity contribution in [2.45, 2.75) is 24.9 Å². The Balaban J connectivity index is 1.71. The van der Waals surface area contributed by atoms with E-state index in [4.69, 9.17) is 4.74 Å². The van der Waals surface area contributed by atoms with Gasteiger partial charge in [-0.2, -0.15) is 0 Å². The predicted molar refractivity (Wildman–Crippen MR) is 69.6 cm³/mol. The maximum Gasteiger partial charge on any atom is 0.260 e. The van der Waals surface area contributed by atoms with Gasteiger partial charge in [-0.15, -0.1) is 0 Å². The SMILES string of the molecule is COC[C@H]1CN(C)C[C@@]12CCN(C(=O)C1(F)CC1)C2. The minimum absolute atomic E-state index is 0.117. The second kappa shape index (κ2) is 4.42. The maximum atomic E-state index is 13.9. The fourth-order valence-corrected chi connectivity index (χ4v) is 3.87. The van der Waals surface area contributed by atoms with Gasteiger partial charge < -0.3 is 14.5 Å². The first-order valence-electron chi connectivity index (χ1n) is 7.15. The number of methoxy groups -OCH3 is 1. The molecule has 19 heavy (non-hydrogen) atoms. The summed E-state index contributed by atoms with van der Waals surface area (Å²) in [6.45, 7) is 4.14. The highest BCUT2D eigenvalue weighted by Gasteiger charge is 2.57. The molecule has 0 radical (unpaired) electrons. The molecule has 1 amide bonds. The number of likely N-dealkylation sites (tertiary alicyclic amines) is 2. The lowest BCUT2D eigenvalue weighted by molar-refractivity contribution is -0.137. The number of hydrogen-bond donors (Lipinski definition) is 0. The fourth-order valence-electron chi connectivity index (χ4n) is 3.87. The molecule has 3 aliphatic rings. The number of alkyl halides is 1. The van der Waals surface area contributed by atoms with Crippen LogP contribution in [0.5, 0.6) is 0 Å². The summed E-state index contributed by atoms with van der Waals surface area (Å²) < 4.78 is 19.2. The lowest BCUT2D eigenvalue weighted by Gasteiger charge is -2.30. The van der Waals surface area contributed by atoms with Crippen LogP contribution in [0.4, 0.5) is 4.39 Å². The smallest absolute Gasteiger partial charge is 0.260 e. The van der Waals surface area contributed by atoms with E-state index in [1.807, 2.05) is 0 Å². The Morgan fingerprint density at radius 1 is 1.37 bits per heavy atom. The van der Waals surface area contributed by atoms with E-state index in [2.05, 4.69) is 11.9 Å². The van der Waals surface area contributed by atoms with Crippen LogP contribution in [0.1, 0.15) is 19.3 Å². The zero-order valence-electron chi connectivity index (χ0n) is 11.8. The molecule has 2 saturated heterocycles. The summed E-state index contributed by atoms with van der Waals surface area (Å²) in [6.07, 6.45) is 1.81. The molecule has 1 saturated carbocycles. The summed E-state index contributed by atoms with van der Waals surface area (Å²) in [5.74, 6) is 0.185. The minimum atomic E-state index is -1.52. The number of nitrogens with zero attached hydrogens (tertiary/aromatic N) is 2. The van der Waals surface area contributed by atoms with Gasteiger partial charge in [-0.3, -0.25) is 4.79 Å². The number of carbonyl (C=O) groups excluding carboxylic acids is 1. The molecule has 2 heterocycles. The van der Waals surface area contributed by atoms with Crippen molar-refractivity contribution in [1.29, 1.82) is 0 Å². The molecule has 0 N–H and O–H groups in total. The topological polar surface area (TPSA) is 32.8 Å². The molecule has 1 aliphatic carbocycles. The lowest BCUT2D eigenvalue weighted by Crippen LogP contribution is -2.41. The number of carbonyl (C=O) groups is 1. The molecule has 0 aromatic carbocycles. The molecule has 2 aliphatic heterocycles. The molecule has 1 spiro atoms. The summed E-state index contributed by atoms with van der Waals surface area (Å²) in [7, 11) is 3.84. The highest BCUT2D eigenvalue weighted by Crippen LogP contribution is 2.47. The van der Waals surface area contributed by atoms with Gasteiger partial charge in [0.1, 0.15) is 0 Å². The van der Waals surface area contributed by atoms with E-state index in [0.717, 1.165) is 26.1 Å². The first-order valence-corrected chi connectivity index (χ1v) is 7.15. The van der Waals surface area contributed by atoms with Crippen molar-refractivity contribution in [3.05, 3.63) is 0 Å². The quantitative estimate of drug-likeness (QED) is 0.764. The molecule has 2 atom stereocenters. The normalized spacial score (nSPS) is 37.2. The molecular weight excluding hydrogens is 247 g/mol. The highest BCUT2D eigenvalue weighted by molar-refractivity contribution is 5.88. The van der Waals surface area contributed by atoms with Gasteiger partial charge in [0.2, 0.25) is 0 Å². The second-order valence-electron chi connectivity index (χ2n) is 6.65. The third kappa shape index (κ3) is 2.17. The van der Waals surface area contributed by atoms with Crippen LogP contribution in [0.3, 0.4) is 0 Å². The monoisotopic (exact) mass is 270 g/mol. The summed E-state index contributed by atoms with van der Waals surface area (Å²) in [5.41, 5.74) is -1.40. The van der Waals surface area contributed by atoms with Gasteiger partial charge >= 0.3 is 0 Å². The standard InChI is InChI=1S/C14H23FN2O2/c1-16-7-11(8-19-2)13(9-16)5-6-17(10-13)12(18)14(15)3-4-14/h11H,3-10H2,1-2H3/t11-,13-/m1/s1. The van der Waals surface area contributed by atoms with Crippen LogP contribution in [0, 0.1) is 11.3 Å². The molecule has 108 valence electrons. The molecule has 0 aromatic rings. The molecule has 0 aromatic heterocycles. The number of hydrogen-bond acceptors (Lipinski definition) is 3. The molecule has 3 rings (SSSR count). The van der Waals surface area contributed by atoms with Crippen molar-refractivity contribution in [3.63, 3.8) is 0 Å². The molecule has 5 heteroatoms. The van der Waals surface area contributed by atoms with Gasteiger partial charge in [-0.1, -0.05) is 0 Å². The van der Waals surface area contributed by atoms with E-state index in [1.54, 1.807) is 12.0 Å². The fraction of sp³-hybridized carbons (Fsp3) is 0.929. The zero-order chi connectivity index (χ0) is 13.7. The van der Waals surface area contributed by atoms with E-state index >= 15 is 0 Å². The summed E-state index contributed by atoms with van der Waals surface area (Å²) in [5, 5.41) is 0. The van der Waals surface area contributed by atoms with Crippen LogP contribution in [0.25, 0.3) is 0 Å². The molecule has 4 nitrogen and oxygen atoms in total. The highest BCUT2D eigenvalue weighted by atomic mass is 19.1. The molecule has 0 bridgehead atoms. The average molecular weight is 270 g/mol. The summed E-state index contributed by atoms with van der Waals surface area (Å²) in [4.78, 5) is 16.2. The van der Waals surface area contributed by atoms with Crippen molar-refractivity contribution >= 4 is 5.91 Å². The third-order valence-electron chi connectivity index (χ3n) is 5.10. The first kappa shape index (κ1) is 13.3. The van der Waals surface area contributed by atoms with Crippen LogP contribution < -0.4 is 0 Å². The van der Waals surface area contributed by atoms with Gasteiger partial charge in [-0.05, 0) is 26.3 Å². The van der Waals surface area contributed by atoms with Crippen LogP contribution in [-0.2, 0) is 9.53 Å². The van der Waals surface area contributed by atoms with Gasteiger partial charge in [0.25, 0.3) is 5.91 Å². The molecule has 0 unspecified atom stereocenters. The van der Waals surface area contributed by atoms with E-state index in [-0.39, 0.29) is 11.3 Å². The van der Waals surface area contributed by atoms with Crippen LogP contribution in [0.2, 0.25) is 0 Å². The Morgan fingerprint density at radius 3 is 2.74 bits per heavy atom. The summed E-state index contributed by atoms with van der Waals surface area (Å²) >= 11 is 0. The maximum absolute atomic E-state index is 13.9. The lowest BCUT2D eigenvalue weighted by atomic mass is 9.77. The van der Waals surface area contributed by atoms with Crippen LogP contribution in [-0.4, -0.2) is 68.3 Å². The largest absolute Gasteiger partial charge is 0.384 e. The zero-order valence-corrected chi connectivity index (χ0v) is 11.8. The van der Waals surface area contributed by atoms with E-state index in [0.29, 0.717) is 31.8 Å². The van der Waals surface area contributed by atoms with Crippen molar-refractivity contribution < 1.29 is 13.9 Å². The van der Waals surface area contributed by atoms with Crippen molar-refractivity contribution in [2.24, 2.45) is 11.3 Å². The van der Waals surface area contributed by atoms with Gasteiger partial charge in [0.05, 0.1) is 6.61 Å². The van der Waals surface area contributed by atoms with Crippen LogP contribution in [0.15, 0.2) is 0 Å². The number of rotatable bonds is 3. The number of halogens is 1. The Bertz CT molecular complexity index is 386. The minimum Gasteiger partial charge on any atom is -0.384 e. The number of ether oxygens (including phenoxy) is 1. The van der Waals surface area contributed by atoms with Crippen molar-refractivity contribution in [3.8, 4) is 0 Å². The van der Waals surface area contributed by atoms with Crippen molar-refractivity contribution in [1.82, 2.24) is 9.80 Å². The average Bonchev–Trinajstić information content (AvgIpc) is 2.86. The first-order chi connectivity index (χ1) is 8.99. The van der Waals surface area contributed by atoms with Gasteiger partial charge in [0, 0.05) is 44.6 Å². The second-order valence-corrected chi connectivity index (χ2v) is 6.65. The molecule has 3 fully saturated rings. The Morgan fingerprint density at radius 2 is 2.11 bits per heavy atom. The van der Waals surface area contributed by atoms with Gasteiger partial charge in [-0.25, -0.2) is 4.39 Å². The van der Waals surface area contributed by atoms with Gasteiger partial charge in [0.15, 0.2) is 5.67 Å². The third-order valence-corrected chi connectivity index (χ3v) is 5.10.